The number of ether oxygens (including phenoxy) is 2. The van der Waals surface area contributed by atoms with Crippen molar-refractivity contribution in [1.82, 2.24) is 4.72 Å². The van der Waals surface area contributed by atoms with Crippen LogP contribution in [0.3, 0.4) is 0 Å². The maximum absolute atomic E-state index is 13.6. The summed E-state index contributed by atoms with van der Waals surface area (Å²) in [6, 6.07) is 1.61. The van der Waals surface area contributed by atoms with Crippen molar-refractivity contribution in [1.29, 1.82) is 0 Å². The molecule has 20 heavy (non-hydrogen) atoms. The first kappa shape index (κ1) is 16.8. The summed E-state index contributed by atoms with van der Waals surface area (Å²) in [6.45, 7) is 0.746. The van der Waals surface area contributed by atoms with Crippen LogP contribution < -0.4 is 10.5 Å². The predicted octanol–water partition coefficient (Wildman–Crippen LogP) is 0.488. The van der Waals surface area contributed by atoms with Gasteiger partial charge in [-0.1, -0.05) is 0 Å². The lowest BCUT2D eigenvalue weighted by Crippen LogP contribution is -2.28. The number of hydrogen-bond acceptors (Lipinski definition) is 5. The highest BCUT2D eigenvalue weighted by molar-refractivity contribution is 7.89. The Labute approximate surface area is 115 Å². The molecule has 0 fully saturated rings. The molecule has 0 unspecified atom stereocenters. The summed E-state index contributed by atoms with van der Waals surface area (Å²) in [7, 11) is -2.60. The molecule has 9 heteroatoms. The quantitative estimate of drug-likeness (QED) is 0.538. The Morgan fingerprint density at radius 3 is 2.60 bits per heavy atom. The number of nitrogens with two attached hydrogens (primary N) is 1. The SMILES string of the molecule is COCCOCCNS(=O)(=O)c1ccc(F)c(N)c1F. The van der Waals surface area contributed by atoms with Crippen LogP contribution in [0.1, 0.15) is 0 Å². The van der Waals surface area contributed by atoms with E-state index in [9.17, 15) is 17.2 Å². The number of methoxy groups -OCH3 is 1. The highest BCUT2D eigenvalue weighted by atomic mass is 32.2. The molecule has 0 aromatic heterocycles. The monoisotopic (exact) mass is 310 g/mol. The van der Waals surface area contributed by atoms with Crippen molar-refractivity contribution in [2.75, 3.05) is 39.2 Å². The topological polar surface area (TPSA) is 90.6 Å². The fourth-order valence-corrected chi connectivity index (χ4v) is 2.43. The van der Waals surface area contributed by atoms with Gasteiger partial charge in [-0.2, -0.15) is 0 Å². The zero-order valence-electron chi connectivity index (χ0n) is 10.9. The van der Waals surface area contributed by atoms with E-state index in [2.05, 4.69) is 4.72 Å². The van der Waals surface area contributed by atoms with Gasteiger partial charge < -0.3 is 15.2 Å². The van der Waals surface area contributed by atoms with E-state index >= 15 is 0 Å². The molecule has 0 bridgehead atoms. The van der Waals surface area contributed by atoms with Crippen LogP contribution in [0, 0.1) is 11.6 Å². The van der Waals surface area contributed by atoms with Gasteiger partial charge in [-0.25, -0.2) is 21.9 Å². The van der Waals surface area contributed by atoms with Gasteiger partial charge in [0.05, 0.1) is 19.8 Å². The first-order valence-electron chi connectivity index (χ1n) is 5.70. The van der Waals surface area contributed by atoms with Gasteiger partial charge in [0.15, 0.2) is 5.82 Å². The molecule has 1 aromatic rings. The fourth-order valence-electron chi connectivity index (χ4n) is 1.33. The summed E-state index contributed by atoms with van der Waals surface area (Å²) in [5.74, 6) is -2.32. The van der Waals surface area contributed by atoms with E-state index < -0.39 is 32.2 Å². The van der Waals surface area contributed by atoms with Crippen molar-refractivity contribution in [3.63, 3.8) is 0 Å². The Balaban J connectivity index is 2.63. The van der Waals surface area contributed by atoms with Crippen LogP contribution in [0.4, 0.5) is 14.5 Å². The average molecular weight is 310 g/mol. The number of sulfonamides is 1. The Morgan fingerprint density at radius 2 is 1.95 bits per heavy atom. The largest absolute Gasteiger partial charge is 0.394 e. The van der Waals surface area contributed by atoms with Crippen molar-refractivity contribution < 1.29 is 26.7 Å². The summed E-state index contributed by atoms with van der Waals surface area (Å²) in [5.41, 5.74) is 4.28. The van der Waals surface area contributed by atoms with Gasteiger partial charge in [0.25, 0.3) is 0 Å². The first-order chi connectivity index (χ1) is 9.40. The first-order valence-corrected chi connectivity index (χ1v) is 7.18. The van der Waals surface area contributed by atoms with Crippen molar-refractivity contribution in [3.8, 4) is 0 Å². The Morgan fingerprint density at radius 1 is 1.25 bits per heavy atom. The number of rotatable bonds is 8. The smallest absolute Gasteiger partial charge is 0.243 e. The average Bonchev–Trinajstić information content (AvgIpc) is 2.39. The molecule has 0 spiro atoms. The summed E-state index contributed by atoms with van der Waals surface area (Å²) >= 11 is 0. The molecule has 0 atom stereocenters. The number of nitrogen functional groups attached to an aromatic ring is 1. The van der Waals surface area contributed by atoms with Crippen molar-refractivity contribution in [2.45, 2.75) is 4.90 Å². The fraction of sp³-hybridized carbons (Fsp3) is 0.455. The zero-order valence-corrected chi connectivity index (χ0v) is 11.7. The van der Waals surface area contributed by atoms with Gasteiger partial charge in [-0.3, -0.25) is 0 Å². The van der Waals surface area contributed by atoms with Crippen LogP contribution in [-0.4, -0.2) is 41.9 Å². The molecular formula is C11H16F2N2O4S. The number of hydrogen-bond donors (Lipinski definition) is 2. The van der Waals surface area contributed by atoms with E-state index in [0.717, 1.165) is 12.1 Å². The van der Waals surface area contributed by atoms with Crippen LogP contribution in [-0.2, 0) is 19.5 Å². The number of anilines is 1. The molecule has 0 heterocycles. The van der Waals surface area contributed by atoms with Crippen molar-refractivity contribution in [2.24, 2.45) is 0 Å². The van der Waals surface area contributed by atoms with Crippen LogP contribution in [0.2, 0.25) is 0 Å². The van der Waals surface area contributed by atoms with E-state index in [0.29, 0.717) is 13.2 Å². The molecule has 0 aliphatic rings. The third kappa shape index (κ3) is 4.37. The second kappa shape index (κ2) is 7.48. The summed E-state index contributed by atoms with van der Waals surface area (Å²) in [6.07, 6.45) is 0. The Bertz CT molecular complexity index is 552. The maximum atomic E-state index is 13.6. The molecule has 3 N–H and O–H groups in total. The van der Waals surface area contributed by atoms with Gasteiger partial charge in [-0.15, -0.1) is 0 Å². The summed E-state index contributed by atoms with van der Waals surface area (Å²) in [5, 5.41) is 0. The normalized spacial score (nSPS) is 11.8. The van der Waals surface area contributed by atoms with Crippen molar-refractivity contribution in [3.05, 3.63) is 23.8 Å². The molecule has 0 saturated carbocycles. The van der Waals surface area contributed by atoms with E-state index in [-0.39, 0.29) is 13.2 Å². The lowest BCUT2D eigenvalue weighted by molar-refractivity contribution is 0.0736. The second-order valence-corrected chi connectivity index (χ2v) is 5.51. The third-order valence-corrected chi connectivity index (χ3v) is 3.83. The molecule has 0 aliphatic heterocycles. The minimum atomic E-state index is -4.11. The van der Waals surface area contributed by atoms with E-state index in [1.807, 2.05) is 0 Å². The van der Waals surface area contributed by atoms with Crippen molar-refractivity contribution >= 4 is 15.7 Å². The van der Waals surface area contributed by atoms with Crippen LogP contribution in [0.5, 0.6) is 0 Å². The molecule has 6 nitrogen and oxygen atoms in total. The van der Waals surface area contributed by atoms with Crippen LogP contribution >= 0.6 is 0 Å². The van der Waals surface area contributed by atoms with E-state index in [1.54, 1.807) is 0 Å². The van der Waals surface area contributed by atoms with E-state index in [4.69, 9.17) is 15.2 Å². The standard InChI is InChI=1S/C11H16F2N2O4S/c1-18-6-7-19-5-4-15-20(16,17)9-3-2-8(12)11(14)10(9)13/h2-3,15H,4-7,14H2,1H3. The Kier molecular flexibility index (Phi) is 6.27. The number of halogens is 2. The predicted molar refractivity (Wildman–Crippen MR) is 68.7 cm³/mol. The summed E-state index contributed by atoms with van der Waals surface area (Å²) < 4.78 is 62.1. The molecule has 1 aromatic carbocycles. The number of nitrogens with one attached hydrogen (secondary N) is 1. The van der Waals surface area contributed by atoms with E-state index in [1.165, 1.54) is 7.11 Å². The van der Waals surface area contributed by atoms with Gasteiger partial charge in [0, 0.05) is 13.7 Å². The van der Waals surface area contributed by atoms with Gasteiger partial charge >= 0.3 is 0 Å². The molecule has 0 radical (unpaired) electrons. The van der Waals surface area contributed by atoms with Gasteiger partial charge in [-0.05, 0) is 12.1 Å². The van der Waals surface area contributed by atoms with Crippen LogP contribution in [0.25, 0.3) is 0 Å². The van der Waals surface area contributed by atoms with Gasteiger partial charge in [0.2, 0.25) is 10.0 Å². The zero-order chi connectivity index (χ0) is 15.2. The maximum Gasteiger partial charge on any atom is 0.243 e. The minimum Gasteiger partial charge on any atom is -0.394 e. The molecule has 0 aliphatic carbocycles. The molecule has 1 rings (SSSR count). The highest BCUT2D eigenvalue weighted by Gasteiger charge is 2.22. The number of benzene rings is 1. The molecule has 0 saturated heterocycles. The van der Waals surface area contributed by atoms with Gasteiger partial charge in [0.1, 0.15) is 16.4 Å². The lowest BCUT2D eigenvalue weighted by atomic mass is 10.3. The summed E-state index contributed by atoms with van der Waals surface area (Å²) in [4.78, 5) is -0.701. The lowest BCUT2D eigenvalue weighted by Gasteiger charge is -2.09. The molecule has 114 valence electrons. The minimum absolute atomic E-state index is 0.0528. The molecular weight excluding hydrogens is 294 g/mol. The molecule has 0 amide bonds. The van der Waals surface area contributed by atoms with Crippen LogP contribution in [0.15, 0.2) is 17.0 Å². The Hall–Kier alpha value is -1.29. The second-order valence-electron chi connectivity index (χ2n) is 3.78. The highest BCUT2D eigenvalue weighted by Crippen LogP contribution is 2.22. The third-order valence-electron chi connectivity index (χ3n) is 2.35.